The van der Waals surface area contributed by atoms with Crippen LogP contribution in [-0.2, 0) is 25.1 Å². The number of benzene rings is 1. The van der Waals surface area contributed by atoms with E-state index in [0.29, 0.717) is 12.1 Å². The topological polar surface area (TPSA) is 89.5 Å². The molecule has 1 aromatic rings. The molecule has 0 aliphatic carbocycles. The number of carbonyl (C=O) groups is 2. The second-order valence-electron chi connectivity index (χ2n) is 4.71. The molecule has 6 nitrogen and oxygen atoms in total. The minimum absolute atomic E-state index is 0.0857. The van der Waals surface area contributed by atoms with Crippen LogP contribution in [0.25, 0.3) is 0 Å². The Bertz CT molecular complexity index is 607. The van der Waals surface area contributed by atoms with Crippen LogP contribution in [0.4, 0.5) is 0 Å². The van der Waals surface area contributed by atoms with E-state index < -0.39 is 21.9 Å². The van der Waals surface area contributed by atoms with Gasteiger partial charge < -0.3 is 10.1 Å². The smallest absolute Gasteiger partial charge is 0.338 e. The van der Waals surface area contributed by atoms with Crippen LogP contribution in [0, 0.1) is 0 Å². The van der Waals surface area contributed by atoms with Gasteiger partial charge in [0.05, 0.1) is 11.3 Å². The third-order valence-electron chi connectivity index (χ3n) is 2.62. The first-order chi connectivity index (χ1) is 9.73. The quantitative estimate of drug-likeness (QED) is 0.789. The van der Waals surface area contributed by atoms with E-state index >= 15 is 0 Å². The van der Waals surface area contributed by atoms with Gasteiger partial charge in [-0.1, -0.05) is 12.1 Å². The SMILES string of the molecule is CCNC(=O)[C@H](C)OC(=O)c1ccc(CS(C)(=O)=O)cc1. The predicted molar refractivity (Wildman–Crippen MR) is 78.6 cm³/mol. The van der Waals surface area contributed by atoms with Gasteiger partial charge in [-0.05, 0) is 31.5 Å². The van der Waals surface area contributed by atoms with Crippen molar-refractivity contribution in [3.05, 3.63) is 35.4 Å². The van der Waals surface area contributed by atoms with Crippen molar-refractivity contribution in [2.24, 2.45) is 0 Å². The average Bonchev–Trinajstić information content (AvgIpc) is 2.37. The largest absolute Gasteiger partial charge is 0.449 e. The van der Waals surface area contributed by atoms with Gasteiger partial charge in [-0.15, -0.1) is 0 Å². The maximum Gasteiger partial charge on any atom is 0.338 e. The molecular weight excluding hydrogens is 294 g/mol. The lowest BCUT2D eigenvalue weighted by Gasteiger charge is -2.12. The summed E-state index contributed by atoms with van der Waals surface area (Å²) in [5.74, 6) is -1.07. The number of sulfone groups is 1. The van der Waals surface area contributed by atoms with Gasteiger partial charge in [-0.2, -0.15) is 0 Å². The highest BCUT2D eigenvalue weighted by Gasteiger charge is 2.18. The number of esters is 1. The number of carbonyl (C=O) groups excluding carboxylic acids is 2. The Morgan fingerprint density at radius 1 is 1.24 bits per heavy atom. The van der Waals surface area contributed by atoms with Gasteiger partial charge in [0.1, 0.15) is 0 Å². The number of likely N-dealkylation sites (N-methyl/N-ethyl adjacent to an activating group) is 1. The van der Waals surface area contributed by atoms with Gasteiger partial charge in [-0.3, -0.25) is 4.79 Å². The minimum atomic E-state index is -3.12. The molecule has 0 unspecified atom stereocenters. The molecule has 1 atom stereocenters. The summed E-state index contributed by atoms with van der Waals surface area (Å²) < 4.78 is 27.4. The standard InChI is InChI=1S/C14H19NO5S/c1-4-15-13(16)10(2)20-14(17)12-7-5-11(6-8-12)9-21(3,18)19/h5-8,10H,4,9H2,1-3H3,(H,15,16)/t10-/m0/s1. The van der Waals surface area contributed by atoms with Crippen LogP contribution in [0.1, 0.15) is 29.8 Å². The van der Waals surface area contributed by atoms with Crippen LogP contribution in [0.2, 0.25) is 0 Å². The molecule has 0 radical (unpaired) electrons. The maximum atomic E-state index is 11.8. The Morgan fingerprint density at radius 3 is 2.29 bits per heavy atom. The first-order valence-electron chi connectivity index (χ1n) is 6.48. The fourth-order valence-corrected chi connectivity index (χ4v) is 2.44. The van der Waals surface area contributed by atoms with Crippen LogP contribution in [0.3, 0.4) is 0 Å². The number of hydrogen-bond donors (Lipinski definition) is 1. The van der Waals surface area contributed by atoms with E-state index in [9.17, 15) is 18.0 Å². The van der Waals surface area contributed by atoms with E-state index in [-0.39, 0.29) is 17.2 Å². The lowest BCUT2D eigenvalue weighted by atomic mass is 10.1. The second-order valence-corrected chi connectivity index (χ2v) is 6.85. The Morgan fingerprint density at radius 2 is 1.81 bits per heavy atom. The summed E-state index contributed by atoms with van der Waals surface area (Å²) in [7, 11) is -3.12. The van der Waals surface area contributed by atoms with Crippen molar-refractivity contribution in [2.45, 2.75) is 25.7 Å². The monoisotopic (exact) mass is 313 g/mol. The van der Waals surface area contributed by atoms with E-state index in [2.05, 4.69) is 5.32 Å². The molecule has 0 fully saturated rings. The third-order valence-corrected chi connectivity index (χ3v) is 3.48. The molecule has 1 aromatic carbocycles. The van der Waals surface area contributed by atoms with Crippen molar-refractivity contribution in [3.63, 3.8) is 0 Å². The summed E-state index contributed by atoms with van der Waals surface area (Å²) in [6.45, 7) is 3.72. The van der Waals surface area contributed by atoms with Crippen molar-refractivity contribution in [2.75, 3.05) is 12.8 Å². The number of amides is 1. The van der Waals surface area contributed by atoms with E-state index in [0.717, 1.165) is 6.26 Å². The van der Waals surface area contributed by atoms with Crippen LogP contribution >= 0.6 is 0 Å². The van der Waals surface area contributed by atoms with E-state index in [1.54, 1.807) is 19.1 Å². The molecule has 0 spiro atoms. The Labute approximate surface area is 124 Å². The summed E-state index contributed by atoms with van der Waals surface area (Å²) in [6.07, 6.45) is 0.261. The number of nitrogens with one attached hydrogen (secondary N) is 1. The summed E-state index contributed by atoms with van der Waals surface area (Å²) in [4.78, 5) is 23.3. The lowest BCUT2D eigenvalue weighted by molar-refractivity contribution is -0.128. The molecular formula is C14H19NO5S. The van der Waals surface area contributed by atoms with Crippen molar-refractivity contribution >= 4 is 21.7 Å². The predicted octanol–water partition coefficient (Wildman–Crippen LogP) is 0.913. The second kappa shape index (κ2) is 7.21. The molecule has 0 aliphatic rings. The minimum Gasteiger partial charge on any atom is -0.449 e. The molecule has 1 rings (SSSR count). The molecule has 0 heterocycles. The number of hydrogen-bond acceptors (Lipinski definition) is 5. The molecule has 0 saturated heterocycles. The molecule has 0 aromatic heterocycles. The van der Waals surface area contributed by atoms with Crippen molar-refractivity contribution in [1.29, 1.82) is 0 Å². The average molecular weight is 313 g/mol. The Kier molecular flexibility index (Phi) is 5.90. The van der Waals surface area contributed by atoms with Crippen molar-refractivity contribution < 1.29 is 22.7 Å². The van der Waals surface area contributed by atoms with Crippen LogP contribution < -0.4 is 5.32 Å². The van der Waals surface area contributed by atoms with Crippen LogP contribution in [0.5, 0.6) is 0 Å². The molecule has 1 N–H and O–H groups in total. The lowest BCUT2D eigenvalue weighted by Crippen LogP contribution is -2.35. The van der Waals surface area contributed by atoms with E-state index in [1.807, 2.05) is 0 Å². The summed E-state index contributed by atoms with van der Waals surface area (Å²) >= 11 is 0. The normalized spacial score (nSPS) is 12.5. The van der Waals surface area contributed by atoms with Crippen LogP contribution in [-0.4, -0.2) is 39.2 Å². The zero-order valence-electron chi connectivity index (χ0n) is 12.3. The molecule has 21 heavy (non-hydrogen) atoms. The Hall–Kier alpha value is -1.89. The van der Waals surface area contributed by atoms with Gasteiger partial charge >= 0.3 is 5.97 Å². The highest BCUT2D eigenvalue weighted by molar-refractivity contribution is 7.89. The summed E-state index contributed by atoms with van der Waals surface area (Å²) in [6, 6.07) is 6.06. The van der Waals surface area contributed by atoms with Gasteiger partial charge in [0, 0.05) is 12.8 Å². The van der Waals surface area contributed by atoms with Crippen molar-refractivity contribution in [3.8, 4) is 0 Å². The van der Waals surface area contributed by atoms with Gasteiger partial charge in [-0.25, -0.2) is 13.2 Å². The molecule has 7 heteroatoms. The molecule has 0 bridgehead atoms. The van der Waals surface area contributed by atoms with Crippen molar-refractivity contribution in [1.82, 2.24) is 5.32 Å². The summed E-state index contributed by atoms with van der Waals surface area (Å²) in [5.41, 5.74) is 0.856. The van der Waals surface area contributed by atoms with Gasteiger partial charge in [0.15, 0.2) is 15.9 Å². The number of rotatable bonds is 6. The Balaban J connectivity index is 2.69. The third kappa shape index (κ3) is 5.95. The highest BCUT2D eigenvalue weighted by Crippen LogP contribution is 2.10. The van der Waals surface area contributed by atoms with Crippen LogP contribution in [0.15, 0.2) is 24.3 Å². The maximum absolute atomic E-state index is 11.8. The van der Waals surface area contributed by atoms with E-state index in [1.165, 1.54) is 19.1 Å². The molecule has 1 amide bonds. The number of ether oxygens (including phenoxy) is 1. The van der Waals surface area contributed by atoms with Gasteiger partial charge in [0.2, 0.25) is 0 Å². The highest BCUT2D eigenvalue weighted by atomic mass is 32.2. The zero-order chi connectivity index (χ0) is 16.0. The summed E-state index contributed by atoms with van der Waals surface area (Å²) in [5, 5.41) is 2.55. The molecule has 116 valence electrons. The fraction of sp³-hybridized carbons (Fsp3) is 0.429. The van der Waals surface area contributed by atoms with E-state index in [4.69, 9.17) is 4.74 Å². The molecule has 0 saturated carbocycles. The van der Waals surface area contributed by atoms with Gasteiger partial charge in [0.25, 0.3) is 5.91 Å². The first kappa shape index (κ1) is 17.2. The zero-order valence-corrected chi connectivity index (χ0v) is 13.1. The fourth-order valence-electron chi connectivity index (χ4n) is 1.64. The first-order valence-corrected chi connectivity index (χ1v) is 8.54. The molecule has 0 aliphatic heterocycles.